The van der Waals surface area contributed by atoms with Crippen LogP contribution in [0, 0.1) is 0 Å². The molecule has 28 heavy (non-hydrogen) atoms. The number of anilines is 1. The fraction of sp³-hybridized carbons (Fsp3) is 0.125. The van der Waals surface area contributed by atoms with Crippen molar-refractivity contribution in [3.63, 3.8) is 0 Å². The number of carbonyl (C=O) groups is 1. The van der Waals surface area contributed by atoms with Gasteiger partial charge in [0.05, 0.1) is 18.3 Å². The first-order valence-electron chi connectivity index (χ1n) is 9.15. The Hall–Kier alpha value is -3.53. The Morgan fingerprint density at radius 3 is 2.29 bits per heavy atom. The number of pyridine rings is 1. The molecule has 2 aromatic heterocycles. The zero-order valence-electron chi connectivity index (χ0n) is 16.2. The number of carbonyl (C=O) groups excluding carboxylic acids is 1. The molecule has 0 fully saturated rings. The van der Waals surface area contributed by atoms with Crippen LogP contribution in [0.2, 0.25) is 0 Å². The number of ketones is 1. The smallest absolute Gasteiger partial charge is 0.209 e. The van der Waals surface area contributed by atoms with Crippen LogP contribution in [-0.2, 0) is 0 Å². The van der Waals surface area contributed by atoms with Gasteiger partial charge in [0.2, 0.25) is 5.78 Å². The van der Waals surface area contributed by atoms with Crippen molar-refractivity contribution in [2.24, 2.45) is 0 Å². The lowest BCUT2D eigenvalue weighted by Gasteiger charge is -2.12. The van der Waals surface area contributed by atoms with E-state index >= 15 is 0 Å². The van der Waals surface area contributed by atoms with Gasteiger partial charge in [0.15, 0.2) is 0 Å². The van der Waals surface area contributed by atoms with Gasteiger partial charge in [0, 0.05) is 37.1 Å². The normalized spacial score (nSPS) is 10.8. The van der Waals surface area contributed by atoms with Crippen LogP contribution in [0.25, 0.3) is 16.6 Å². The molecule has 0 radical (unpaired) electrons. The second kappa shape index (κ2) is 7.24. The maximum atomic E-state index is 13.2. The molecular formula is C24H22N2O2. The Morgan fingerprint density at radius 1 is 0.929 bits per heavy atom. The van der Waals surface area contributed by atoms with E-state index in [0.717, 1.165) is 28.1 Å². The van der Waals surface area contributed by atoms with Crippen LogP contribution in [0.4, 0.5) is 5.69 Å². The van der Waals surface area contributed by atoms with Gasteiger partial charge >= 0.3 is 0 Å². The van der Waals surface area contributed by atoms with Gasteiger partial charge in [-0.1, -0.05) is 18.2 Å². The summed E-state index contributed by atoms with van der Waals surface area (Å²) in [5.41, 5.74) is 5.57. The highest BCUT2D eigenvalue weighted by atomic mass is 16.5. The summed E-state index contributed by atoms with van der Waals surface area (Å²) in [7, 11) is 5.66. The number of methoxy groups -OCH3 is 1. The SMILES string of the molecule is COc1ccc(C(=O)c2cc(-c3ccc(N(C)C)cc3)c3ccccn23)cc1. The molecule has 0 amide bonds. The average molecular weight is 370 g/mol. The van der Waals surface area contributed by atoms with Crippen molar-refractivity contribution in [3.05, 3.63) is 90.3 Å². The van der Waals surface area contributed by atoms with Crippen molar-refractivity contribution in [1.82, 2.24) is 4.40 Å². The van der Waals surface area contributed by atoms with Crippen molar-refractivity contribution in [1.29, 1.82) is 0 Å². The first-order valence-corrected chi connectivity index (χ1v) is 9.15. The quantitative estimate of drug-likeness (QED) is 0.468. The molecule has 0 spiro atoms. The molecular weight excluding hydrogens is 348 g/mol. The van der Waals surface area contributed by atoms with E-state index in [1.807, 2.05) is 61.1 Å². The van der Waals surface area contributed by atoms with Crippen LogP contribution in [0.15, 0.2) is 79.0 Å². The summed E-state index contributed by atoms with van der Waals surface area (Å²) in [4.78, 5) is 15.2. The van der Waals surface area contributed by atoms with E-state index < -0.39 is 0 Å². The minimum absolute atomic E-state index is 0.0139. The number of fused-ring (bicyclic) bond motifs is 1. The lowest BCUT2D eigenvalue weighted by Crippen LogP contribution is -2.07. The third-order valence-corrected chi connectivity index (χ3v) is 4.96. The second-order valence-electron chi connectivity index (χ2n) is 6.90. The summed E-state index contributed by atoms with van der Waals surface area (Å²) in [5, 5.41) is 0. The number of benzene rings is 2. The van der Waals surface area contributed by atoms with Gasteiger partial charge in [-0.25, -0.2) is 0 Å². The molecule has 0 aliphatic carbocycles. The van der Waals surface area contributed by atoms with E-state index in [-0.39, 0.29) is 5.78 Å². The standard InChI is InChI=1S/C24H22N2O2/c1-25(2)19-11-7-17(8-12-19)21-16-23(26-15-5-4-6-22(21)26)24(27)18-9-13-20(28-3)14-10-18/h4-16H,1-3H3. The molecule has 4 rings (SSSR count). The number of ether oxygens (including phenoxy) is 1. The summed E-state index contributed by atoms with van der Waals surface area (Å²) >= 11 is 0. The maximum absolute atomic E-state index is 13.2. The van der Waals surface area contributed by atoms with Crippen molar-refractivity contribution < 1.29 is 9.53 Å². The van der Waals surface area contributed by atoms with E-state index in [1.54, 1.807) is 19.2 Å². The molecule has 4 aromatic rings. The summed E-state index contributed by atoms with van der Waals surface area (Å²) < 4.78 is 7.15. The molecule has 0 unspecified atom stereocenters. The minimum Gasteiger partial charge on any atom is -0.497 e. The van der Waals surface area contributed by atoms with Gasteiger partial charge in [-0.05, 0) is 60.2 Å². The van der Waals surface area contributed by atoms with Gasteiger partial charge in [0.25, 0.3) is 0 Å². The molecule has 2 aromatic carbocycles. The largest absolute Gasteiger partial charge is 0.497 e. The highest BCUT2D eigenvalue weighted by Crippen LogP contribution is 2.30. The first kappa shape index (κ1) is 17.9. The molecule has 0 saturated carbocycles. The van der Waals surface area contributed by atoms with Crippen LogP contribution < -0.4 is 9.64 Å². The molecule has 0 N–H and O–H groups in total. The van der Waals surface area contributed by atoms with Crippen molar-refractivity contribution >= 4 is 17.0 Å². The highest BCUT2D eigenvalue weighted by molar-refractivity contribution is 6.10. The lowest BCUT2D eigenvalue weighted by molar-refractivity contribution is 0.103. The van der Waals surface area contributed by atoms with E-state index in [4.69, 9.17) is 4.74 Å². The predicted octanol–water partition coefficient (Wildman–Crippen LogP) is 4.91. The zero-order chi connectivity index (χ0) is 19.7. The fourth-order valence-electron chi connectivity index (χ4n) is 3.39. The molecule has 140 valence electrons. The van der Waals surface area contributed by atoms with Crippen LogP contribution >= 0.6 is 0 Å². The fourth-order valence-corrected chi connectivity index (χ4v) is 3.39. The number of hydrogen-bond donors (Lipinski definition) is 0. The zero-order valence-corrected chi connectivity index (χ0v) is 16.2. The Balaban J connectivity index is 1.80. The van der Waals surface area contributed by atoms with Gasteiger partial charge in [-0.2, -0.15) is 0 Å². The number of aromatic nitrogens is 1. The first-order chi connectivity index (χ1) is 13.6. The Kier molecular flexibility index (Phi) is 4.62. The molecule has 0 bridgehead atoms. The monoisotopic (exact) mass is 370 g/mol. The molecule has 0 saturated heterocycles. The van der Waals surface area contributed by atoms with Crippen LogP contribution in [0.5, 0.6) is 5.75 Å². The molecule has 4 heteroatoms. The Bertz CT molecular complexity index is 1120. The van der Waals surface area contributed by atoms with Gasteiger partial charge in [-0.3, -0.25) is 4.79 Å². The van der Waals surface area contributed by atoms with Gasteiger partial charge in [-0.15, -0.1) is 0 Å². The molecule has 4 nitrogen and oxygen atoms in total. The summed E-state index contributed by atoms with van der Waals surface area (Å²) in [6.07, 6.45) is 1.93. The molecule has 2 heterocycles. The summed E-state index contributed by atoms with van der Waals surface area (Å²) in [6, 6.07) is 23.5. The average Bonchev–Trinajstić information content (AvgIpc) is 3.13. The Labute approximate surface area is 164 Å². The van der Waals surface area contributed by atoms with E-state index in [2.05, 4.69) is 29.2 Å². The van der Waals surface area contributed by atoms with Crippen molar-refractivity contribution in [2.75, 3.05) is 26.1 Å². The molecule has 0 atom stereocenters. The summed E-state index contributed by atoms with van der Waals surface area (Å²) in [6.45, 7) is 0. The maximum Gasteiger partial charge on any atom is 0.209 e. The molecule has 0 aliphatic rings. The third-order valence-electron chi connectivity index (χ3n) is 4.96. The van der Waals surface area contributed by atoms with E-state index in [1.165, 1.54) is 0 Å². The Morgan fingerprint density at radius 2 is 1.64 bits per heavy atom. The topological polar surface area (TPSA) is 34.0 Å². The number of hydrogen-bond acceptors (Lipinski definition) is 3. The van der Waals surface area contributed by atoms with Gasteiger partial charge < -0.3 is 14.0 Å². The van der Waals surface area contributed by atoms with E-state index in [0.29, 0.717) is 11.3 Å². The lowest BCUT2D eigenvalue weighted by atomic mass is 10.0. The summed E-state index contributed by atoms with van der Waals surface area (Å²) in [5.74, 6) is 0.721. The number of nitrogens with zero attached hydrogens (tertiary/aromatic N) is 2. The van der Waals surface area contributed by atoms with Crippen molar-refractivity contribution in [2.45, 2.75) is 0 Å². The van der Waals surface area contributed by atoms with Crippen LogP contribution in [-0.4, -0.2) is 31.4 Å². The minimum atomic E-state index is -0.0139. The third kappa shape index (κ3) is 3.14. The second-order valence-corrected chi connectivity index (χ2v) is 6.90. The van der Waals surface area contributed by atoms with Crippen molar-refractivity contribution in [3.8, 4) is 16.9 Å². The number of rotatable bonds is 5. The van der Waals surface area contributed by atoms with Crippen LogP contribution in [0.3, 0.4) is 0 Å². The predicted molar refractivity (Wildman–Crippen MR) is 114 cm³/mol. The van der Waals surface area contributed by atoms with Gasteiger partial charge in [0.1, 0.15) is 5.75 Å². The van der Waals surface area contributed by atoms with E-state index in [9.17, 15) is 4.79 Å². The highest BCUT2D eigenvalue weighted by Gasteiger charge is 2.17. The van der Waals surface area contributed by atoms with Crippen LogP contribution in [0.1, 0.15) is 16.1 Å². The molecule has 0 aliphatic heterocycles.